The summed E-state index contributed by atoms with van der Waals surface area (Å²) < 4.78 is 7.20. The van der Waals surface area contributed by atoms with Gasteiger partial charge in [-0.1, -0.05) is 22.9 Å². The Balaban J connectivity index is 2.47. The highest BCUT2D eigenvalue weighted by Crippen LogP contribution is 2.27. The number of carbonyl (C=O) groups excluding carboxylic acids is 1. The van der Waals surface area contributed by atoms with Crippen molar-refractivity contribution in [2.45, 2.75) is 26.3 Å². The summed E-state index contributed by atoms with van der Waals surface area (Å²) in [6.07, 6.45) is 0.910. The molecular formula is C12H15Br2NO2. The lowest BCUT2D eigenvalue weighted by molar-refractivity contribution is -0.123. The molecule has 1 aromatic carbocycles. The number of nitrogens with one attached hydrogen (secondary N) is 1. The van der Waals surface area contributed by atoms with E-state index in [9.17, 15) is 4.79 Å². The number of amides is 1. The van der Waals surface area contributed by atoms with Gasteiger partial charge in [0.25, 0.3) is 5.91 Å². The van der Waals surface area contributed by atoms with E-state index in [4.69, 9.17) is 4.74 Å². The van der Waals surface area contributed by atoms with E-state index < -0.39 is 0 Å². The fourth-order valence-corrected chi connectivity index (χ4v) is 2.32. The van der Waals surface area contributed by atoms with Crippen LogP contribution in [-0.2, 0) is 4.79 Å². The maximum atomic E-state index is 11.5. The van der Waals surface area contributed by atoms with Gasteiger partial charge in [0.1, 0.15) is 5.75 Å². The molecule has 0 aliphatic rings. The van der Waals surface area contributed by atoms with E-state index in [0.29, 0.717) is 5.75 Å². The fraction of sp³-hybridized carbons (Fsp3) is 0.417. The fourth-order valence-electron chi connectivity index (χ4n) is 1.15. The molecule has 1 rings (SSSR count). The number of hydrogen-bond donors (Lipinski definition) is 1. The highest BCUT2D eigenvalue weighted by molar-refractivity contribution is 9.11. The summed E-state index contributed by atoms with van der Waals surface area (Å²) in [7, 11) is 0. The quantitative estimate of drug-likeness (QED) is 0.868. The second-order valence-electron chi connectivity index (χ2n) is 3.74. The van der Waals surface area contributed by atoms with Crippen LogP contribution in [0.2, 0.25) is 0 Å². The van der Waals surface area contributed by atoms with Gasteiger partial charge in [-0.15, -0.1) is 0 Å². The highest BCUT2D eigenvalue weighted by atomic mass is 79.9. The number of halogens is 2. The van der Waals surface area contributed by atoms with Gasteiger partial charge < -0.3 is 10.1 Å². The summed E-state index contributed by atoms with van der Waals surface area (Å²) in [6.45, 7) is 4.02. The van der Waals surface area contributed by atoms with Crippen LogP contribution in [0.25, 0.3) is 0 Å². The number of hydrogen-bond acceptors (Lipinski definition) is 2. The smallest absolute Gasteiger partial charge is 0.258 e. The first-order valence-corrected chi connectivity index (χ1v) is 6.98. The van der Waals surface area contributed by atoms with E-state index in [-0.39, 0.29) is 18.6 Å². The highest BCUT2D eigenvalue weighted by Gasteiger charge is 2.08. The molecule has 1 atom stereocenters. The first-order chi connectivity index (χ1) is 8.02. The van der Waals surface area contributed by atoms with Crippen LogP contribution >= 0.6 is 31.9 Å². The molecule has 94 valence electrons. The van der Waals surface area contributed by atoms with Crippen molar-refractivity contribution in [3.8, 4) is 5.75 Å². The van der Waals surface area contributed by atoms with Gasteiger partial charge >= 0.3 is 0 Å². The lowest BCUT2D eigenvalue weighted by atomic mass is 10.2. The zero-order valence-electron chi connectivity index (χ0n) is 9.80. The van der Waals surface area contributed by atoms with Gasteiger partial charge in [0, 0.05) is 10.5 Å². The van der Waals surface area contributed by atoms with Gasteiger partial charge in [-0.05, 0) is 47.5 Å². The molecule has 5 heteroatoms. The molecule has 0 aliphatic carbocycles. The minimum atomic E-state index is -0.103. The Kier molecular flexibility index (Phi) is 5.98. The Bertz CT molecular complexity index is 396. The Morgan fingerprint density at radius 3 is 2.76 bits per heavy atom. The summed E-state index contributed by atoms with van der Waals surface area (Å²) >= 11 is 6.73. The largest absolute Gasteiger partial charge is 0.483 e. The third-order valence-corrected chi connectivity index (χ3v) is 3.39. The molecule has 1 unspecified atom stereocenters. The SMILES string of the molecule is CCC(C)NC(=O)COc1ccc(Br)cc1Br. The van der Waals surface area contributed by atoms with Crippen molar-refractivity contribution in [3.05, 3.63) is 27.1 Å². The molecule has 1 N–H and O–H groups in total. The molecule has 0 saturated heterocycles. The van der Waals surface area contributed by atoms with Gasteiger partial charge in [-0.3, -0.25) is 4.79 Å². The molecule has 0 aromatic heterocycles. The van der Waals surface area contributed by atoms with Crippen LogP contribution in [0.5, 0.6) is 5.75 Å². The predicted octanol–water partition coefficient (Wildman–Crippen LogP) is 3.51. The Hall–Kier alpha value is -0.550. The minimum absolute atomic E-state index is 0.0323. The van der Waals surface area contributed by atoms with E-state index in [2.05, 4.69) is 37.2 Å². The first-order valence-electron chi connectivity index (χ1n) is 5.40. The Morgan fingerprint density at radius 2 is 2.18 bits per heavy atom. The zero-order valence-corrected chi connectivity index (χ0v) is 13.0. The molecule has 0 spiro atoms. The molecule has 0 saturated carbocycles. The predicted molar refractivity (Wildman–Crippen MR) is 75.2 cm³/mol. The van der Waals surface area contributed by atoms with Gasteiger partial charge in [-0.25, -0.2) is 0 Å². The lowest BCUT2D eigenvalue weighted by Crippen LogP contribution is -2.35. The monoisotopic (exact) mass is 363 g/mol. The van der Waals surface area contributed by atoms with Crippen molar-refractivity contribution in [1.29, 1.82) is 0 Å². The van der Waals surface area contributed by atoms with E-state index in [1.807, 2.05) is 32.0 Å². The van der Waals surface area contributed by atoms with Crippen molar-refractivity contribution >= 4 is 37.8 Å². The molecule has 0 radical (unpaired) electrons. The van der Waals surface area contributed by atoms with Crippen LogP contribution in [0.4, 0.5) is 0 Å². The first kappa shape index (κ1) is 14.5. The van der Waals surface area contributed by atoms with E-state index in [0.717, 1.165) is 15.4 Å². The summed E-state index contributed by atoms with van der Waals surface area (Å²) in [4.78, 5) is 11.5. The molecule has 0 aliphatic heterocycles. The van der Waals surface area contributed by atoms with E-state index in [1.54, 1.807) is 0 Å². The molecular weight excluding hydrogens is 350 g/mol. The maximum absolute atomic E-state index is 11.5. The van der Waals surface area contributed by atoms with Gasteiger partial charge in [0.15, 0.2) is 6.61 Å². The summed E-state index contributed by atoms with van der Waals surface area (Å²) in [6, 6.07) is 5.73. The topological polar surface area (TPSA) is 38.3 Å². The number of carbonyl (C=O) groups is 1. The Morgan fingerprint density at radius 1 is 1.47 bits per heavy atom. The van der Waals surface area contributed by atoms with E-state index >= 15 is 0 Å². The number of rotatable bonds is 5. The van der Waals surface area contributed by atoms with Gasteiger partial charge in [-0.2, -0.15) is 0 Å². The number of ether oxygens (including phenoxy) is 1. The average Bonchev–Trinajstić information content (AvgIpc) is 2.27. The second-order valence-corrected chi connectivity index (χ2v) is 5.51. The van der Waals surface area contributed by atoms with Crippen LogP contribution in [0.3, 0.4) is 0 Å². The molecule has 1 aromatic rings. The zero-order chi connectivity index (χ0) is 12.8. The van der Waals surface area contributed by atoms with Gasteiger partial charge in [0.2, 0.25) is 0 Å². The third-order valence-electron chi connectivity index (χ3n) is 2.27. The molecule has 0 fully saturated rings. The molecule has 0 heterocycles. The molecule has 17 heavy (non-hydrogen) atoms. The summed E-state index contributed by atoms with van der Waals surface area (Å²) in [5.41, 5.74) is 0. The van der Waals surface area contributed by atoms with Crippen LogP contribution in [0.15, 0.2) is 27.1 Å². The van der Waals surface area contributed by atoms with Crippen molar-refractivity contribution < 1.29 is 9.53 Å². The summed E-state index contributed by atoms with van der Waals surface area (Å²) in [5.74, 6) is 0.557. The van der Waals surface area contributed by atoms with Gasteiger partial charge in [0.05, 0.1) is 4.47 Å². The Labute approximate surface area is 118 Å². The maximum Gasteiger partial charge on any atom is 0.258 e. The van der Waals surface area contributed by atoms with E-state index in [1.165, 1.54) is 0 Å². The number of benzene rings is 1. The lowest BCUT2D eigenvalue weighted by Gasteiger charge is -2.12. The van der Waals surface area contributed by atoms with Crippen LogP contribution in [0, 0.1) is 0 Å². The van der Waals surface area contributed by atoms with Crippen molar-refractivity contribution in [1.82, 2.24) is 5.32 Å². The van der Waals surface area contributed by atoms with Crippen LogP contribution in [0.1, 0.15) is 20.3 Å². The van der Waals surface area contributed by atoms with Crippen molar-refractivity contribution in [2.75, 3.05) is 6.61 Å². The van der Waals surface area contributed by atoms with Crippen LogP contribution < -0.4 is 10.1 Å². The normalized spacial score (nSPS) is 12.0. The standard InChI is InChI=1S/C12H15Br2NO2/c1-3-8(2)15-12(16)7-17-11-5-4-9(13)6-10(11)14/h4-6,8H,3,7H2,1-2H3,(H,15,16). The molecule has 1 amide bonds. The van der Waals surface area contributed by atoms with Crippen LogP contribution in [-0.4, -0.2) is 18.6 Å². The molecule has 3 nitrogen and oxygen atoms in total. The molecule has 0 bridgehead atoms. The average molecular weight is 365 g/mol. The minimum Gasteiger partial charge on any atom is -0.483 e. The third kappa shape index (κ3) is 5.08. The van der Waals surface area contributed by atoms with Crippen molar-refractivity contribution in [2.24, 2.45) is 0 Å². The second kappa shape index (κ2) is 7.01. The van der Waals surface area contributed by atoms with Crippen molar-refractivity contribution in [3.63, 3.8) is 0 Å². The summed E-state index contributed by atoms with van der Waals surface area (Å²) in [5, 5.41) is 2.84.